The van der Waals surface area contributed by atoms with E-state index in [-0.39, 0.29) is 184 Å². The fourth-order valence-electron chi connectivity index (χ4n) is 13.2. The number of aryl methyl sites for hydroxylation is 6. The summed E-state index contributed by atoms with van der Waals surface area (Å²) in [6, 6.07) is 106. The van der Waals surface area contributed by atoms with Gasteiger partial charge in [0.25, 0.3) is 0 Å². The maximum atomic E-state index is 8.44. The predicted molar refractivity (Wildman–Crippen MR) is 507 cm³/mol. The van der Waals surface area contributed by atoms with E-state index >= 15 is 0 Å². The molecular formula is C99H107K3N9NaO12S4. The molecule has 0 aliphatic carbocycles. The number of nitrogen functional groups attached to an aromatic ring is 5. The molecule has 0 radical (unpaired) electrons. The molecule has 1 heterocycles. The van der Waals surface area contributed by atoms with Crippen molar-refractivity contribution in [2.24, 2.45) is 0 Å². The van der Waals surface area contributed by atoms with Gasteiger partial charge in [0.15, 0.2) is 0 Å². The van der Waals surface area contributed by atoms with Crippen LogP contribution in [0.4, 0.5) is 62.6 Å². The van der Waals surface area contributed by atoms with Crippen molar-refractivity contribution >= 4 is 127 Å². The molecule has 0 atom stereocenters. The third kappa shape index (κ3) is 44.1. The van der Waals surface area contributed by atoms with Gasteiger partial charge in [0.2, 0.25) is 0 Å². The minimum atomic E-state index is -3.11. The van der Waals surface area contributed by atoms with Crippen molar-refractivity contribution in [3.8, 4) is 0 Å². The predicted octanol–water partition coefficient (Wildman–Crippen LogP) is 7.67. The van der Waals surface area contributed by atoms with Crippen molar-refractivity contribution in [1.29, 1.82) is 0 Å². The summed E-state index contributed by atoms with van der Waals surface area (Å²) in [4.78, 5) is 6.90. The van der Waals surface area contributed by atoms with Crippen LogP contribution in [-0.4, -0.2) is 74.7 Å². The van der Waals surface area contributed by atoms with E-state index in [2.05, 4.69) is 330 Å². The number of nitrogens with two attached hydrogens (primary N) is 5. The molecule has 14 aromatic rings. The van der Waals surface area contributed by atoms with Gasteiger partial charge >= 0.3 is 226 Å². The number of benzene rings is 13. The molecule has 0 aliphatic heterocycles. The first-order valence-electron chi connectivity index (χ1n) is 39.6. The monoisotopic (exact) mass is 1880 g/mol. The van der Waals surface area contributed by atoms with Crippen LogP contribution in [0, 0.1) is 62.3 Å². The smallest absolute Gasteiger partial charge is 0.399 e. The van der Waals surface area contributed by atoms with Gasteiger partial charge in [0, 0.05) is 84.4 Å². The molecule has 1 aromatic heterocycles. The van der Waals surface area contributed by atoms with E-state index < -0.39 is 42.4 Å². The Bertz CT molecular complexity index is 5800. The first-order valence-corrected chi connectivity index (χ1v) is 43.6. The molecule has 21 nitrogen and oxygen atoms in total. The summed E-state index contributed by atoms with van der Waals surface area (Å²) < 4.78 is 104. The summed E-state index contributed by atoms with van der Waals surface area (Å²) in [5.74, 6) is 0. The number of aromatic nitrogens is 1. The van der Waals surface area contributed by atoms with E-state index in [0.29, 0.717) is 0 Å². The van der Waals surface area contributed by atoms with E-state index in [9.17, 15) is 0 Å². The zero-order valence-corrected chi connectivity index (χ0v) is 89.0. The molecule has 0 saturated carbocycles. The Hall–Kier alpha value is -7.55. The number of anilines is 11. The van der Waals surface area contributed by atoms with Crippen molar-refractivity contribution < 1.29 is 234 Å². The average molecular weight is 1880 g/mol. The quantitative estimate of drug-likeness (QED) is 0.0247. The molecule has 128 heavy (non-hydrogen) atoms. The Kier molecular flexibility index (Phi) is 57.8. The molecule has 0 bridgehead atoms. The van der Waals surface area contributed by atoms with Crippen molar-refractivity contribution in [2.45, 2.75) is 92.5 Å². The minimum Gasteiger partial charge on any atom is -0.399 e. The van der Waals surface area contributed by atoms with Crippen LogP contribution in [0.25, 0.3) is 21.8 Å². The molecule has 10 N–H and O–H groups in total. The molecule has 0 saturated heterocycles. The summed E-state index contributed by atoms with van der Waals surface area (Å²) in [5.41, 5.74) is 59.5. The van der Waals surface area contributed by atoms with Gasteiger partial charge in [-0.1, -0.05) is 186 Å². The molecule has 0 aliphatic rings. The second-order valence-corrected chi connectivity index (χ2v) is 30.4. The van der Waals surface area contributed by atoms with Gasteiger partial charge in [-0.25, -0.2) is 0 Å². The third-order valence-electron chi connectivity index (χ3n) is 18.9. The number of nitrogens with zero attached hydrogens (tertiary/aromatic N) is 4. The minimum absolute atomic E-state index is 0. The normalized spacial score (nSPS) is 9.79. The van der Waals surface area contributed by atoms with Crippen molar-refractivity contribution in [1.82, 2.24) is 4.57 Å². The van der Waals surface area contributed by atoms with Crippen LogP contribution in [-0.2, 0) is 74.7 Å². The van der Waals surface area contributed by atoms with Crippen molar-refractivity contribution in [3.63, 3.8) is 0 Å². The van der Waals surface area contributed by atoms with E-state index in [4.69, 9.17) is 79.2 Å². The maximum Gasteiger partial charge on any atom is 1.00 e. The van der Waals surface area contributed by atoms with Gasteiger partial charge in [-0.15, -0.1) is 50.5 Å². The summed E-state index contributed by atoms with van der Waals surface area (Å²) in [6.45, 7) is 30.2. The van der Waals surface area contributed by atoms with Crippen LogP contribution < -0.4 is 227 Å². The van der Waals surface area contributed by atoms with E-state index in [1.807, 2.05) is 54.6 Å². The molecular weight excluding hydrogens is 1780 g/mol. The van der Waals surface area contributed by atoms with Crippen LogP contribution >= 0.6 is 0 Å². The Morgan fingerprint density at radius 2 is 0.484 bits per heavy atom. The zero-order chi connectivity index (χ0) is 90.6. The maximum absolute atomic E-state index is 8.44. The van der Waals surface area contributed by atoms with Crippen LogP contribution in [0.1, 0.15) is 98.0 Å². The molecule has 0 unspecified atom stereocenters. The second kappa shape index (κ2) is 63.5. The van der Waals surface area contributed by atoms with Crippen LogP contribution in [0.3, 0.4) is 0 Å². The summed E-state index contributed by atoms with van der Waals surface area (Å²) in [6.07, 6.45) is 7.21. The van der Waals surface area contributed by atoms with Crippen LogP contribution in [0.5, 0.6) is 0 Å². The van der Waals surface area contributed by atoms with Gasteiger partial charge in [-0.2, -0.15) is 25.7 Å². The number of fused-ring (bicyclic) bond motifs is 3. The second-order valence-electron chi connectivity index (χ2n) is 28.8. The first-order chi connectivity index (χ1) is 59.3. The molecule has 0 spiro atoms. The van der Waals surface area contributed by atoms with E-state index in [0.717, 1.165) is 129 Å². The summed E-state index contributed by atoms with van der Waals surface area (Å²) in [5, 5.41) is 2.52. The largest absolute Gasteiger partial charge is 1.00 e. The Balaban J connectivity index is 0.000000520. The van der Waals surface area contributed by atoms with Gasteiger partial charge in [0.1, 0.15) is 0 Å². The fourth-order valence-corrected chi connectivity index (χ4v) is 13.2. The standard InChI is InChI=1S/C25H29N3.C23H25N2.C21H21N.C16H17N2.C14H15N.3K.Na.4O3S/c1-4-17-27(22-13-9-20(3)10-14-22)24-7-6-8-25(19-24)28(18-5-2)23-15-11-21(26)12-16-23;1-3-15-25(22-13-11-21(24)12-14-22)23-6-4-5-20(17-23)16-19-9-7-18(2)8-10-19;1-16-5-7-17(8-6-16)13-19-3-2-4-20(15-19)14-18-9-11-21(22)12-10-18;1-3-8-18-15-6-4-11(2)9-13(15)14-10-12(17)5-7-16(14)18;1-11-2-4-12(5-3-11)10-13-6-8-14(15)9-7-13;;;;;4*1-4(2)3/h6-16,19H,1-2,4-5,17-18,26H2,3H3;4-14,17H,1,3,15-16,24H2,2H3;2-12,15H,13-14,22H2,1H3;4-7,9-10H,1,3,8,17H2,2H3;2-9H,10,15H2,1H3;;;;;;;;/q-2;-1;;-1;;4*+1;;;;. The zero-order valence-electron chi connectivity index (χ0n) is 74.4. The molecule has 29 heteroatoms. The average Bonchev–Trinajstić information content (AvgIpc) is 1.60. The van der Waals surface area contributed by atoms with Gasteiger partial charge < -0.3 is 75.6 Å². The SMILES string of the molecule is Cc1ccc(Cc2ccc(N)cc2)cc1.Cc1ccc(Cc2cccc(Cc3ccc(N)cc3)c2)cc1.O=S(=O)=O.O=S(=O)=O.O=S(=O)=O.O=S(=O)=O.[CH2-]CCN(c1ccc(C)cc1)c1cccc(N(CC[CH2-])c2ccc(N)cc2)c1.[CH2-]CCN(c1ccc(N)cc1)c1cccc(Cc2ccc(C)cc2)c1.[CH2-]CCn1c2ccc(C)cc2c2cc(N)ccc21.[K+].[K+].[K+].[Na+]. The Morgan fingerprint density at radius 3 is 0.805 bits per heavy atom. The number of hydrogen-bond donors (Lipinski definition) is 5. The van der Waals surface area contributed by atoms with Crippen LogP contribution in [0.2, 0.25) is 0 Å². The van der Waals surface area contributed by atoms with Gasteiger partial charge in [-0.05, 0) is 277 Å². The van der Waals surface area contributed by atoms with Gasteiger partial charge in [0.05, 0.1) is 0 Å². The third-order valence-corrected chi connectivity index (χ3v) is 18.9. The Morgan fingerprint density at radius 1 is 0.250 bits per heavy atom. The summed E-state index contributed by atoms with van der Waals surface area (Å²) in [7, 11) is -12.4. The number of rotatable bonds is 22. The van der Waals surface area contributed by atoms with E-state index in [1.54, 1.807) is 0 Å². The fraction of sp³-hybridized carbons (Fsp3) is 0.172. The van der Waals surface area contributed by atoms with Crippen molar-refractivity contribution in [3.05, 3.63) is 403 Å². The topological polar surface area (TPSA) is 350 Å². The number of hydrogen-bond acceptors (Lipinski definition) is 20. The van der Waals surface area contributed by atoms with Gasteiger partial charge in [-0.3, -0.25) is 0 Å². The molecule has 14 rings (SSSR count). The van der Waals surface area contributed by atoms with E-state index in [1.165, 1.54) is 106 Å². The van der Waals surface area contributed by atoms with Crippen molar-refractivity contribution in [2.75, 3.05) is 63.0 Å². The van der Waals surface area contributed by atoms with Crippen LogP contribution in [0.15, 0.2) is 303 Å². The Labute approximate surface area is 910 Å². The first kappa shape index (κ1) is 117. The summed E-state index contributed by atoms with van der Waals surface area (Å²) >= 11 is 0. The molecule has 0 fully saturated rings. The molecule has 13 aromatic carbocycles. The molecule has 0 amide bonds. The molecule has 648 valence electrons.